The fraction of sp³-hybridized carbons (Fsp3) is 0.750. The Kier molecular flexibility index (Phi) is 3.51. The predicted molar refractivity (Wildman–Crippen MR) is 59.1 cm³/mol. The van der Waals surface area contributed by atoms with E-state index in [1.165, 1.54) is 0 Å². The minimum Gasteiger partial charge on any atom is -0.459 e. The van der Waals surface area contributed by atoms with Crippen molar-refractivity contribution in [2.24, 2.45) is 0 Å². The van der Waals surface area contributed by atoms with Crippen LogP contribution < -0.4 is 0 Å². The van der Waals surface area contributed by atoms with Crippen LogP contribution in [0.2, 0.25) is 0 Å². The summed E-state index contributed by atoms with van der Waals surface area (Å²) in [5, 5.41) is 29.1. The minimum absolute atomic E-state index is 0.0589. The molecule has 0 unspecified atom stereocenters. The lowest BCUT2D eigenvalue weighted by Gasteiger charge is -2.36. The van der Waals surface area contributed by atoms with Crippen molar-refractivity contribution < 1.29 is 24.9 Å². The molecule has 2 aliphatic rings. The zero-order chi connectivity index (χ0) is 12.6. The van der Waals surface area contributed by atoms with Crippen LogP contribution >= 0.6 is 0 Å². The molecule has 5 heteroatoms. The van der Waals surface area contributed by atoms with Crippen LogP contribution in [0.3, 0.4) is 0 Å². The van der Waals surface area contributed by atoms with E-state index in [0.29, 0.717) is 12.0 Å². The van der Waals surface area contributed by atoms with Gasteiger partial charge in [-0.1, -0.05) is 13.3 Å². The van der Waals surface area contributed by atoms with Crippen molar-refractivity contribution in [1.29, 1.82) is 0 Å². The van der Waals surface area contributed by atoms with Crippen molar-refractivity contribution in [2.45, 2.75) is 57.0 Å². The zero-order valence-corrected chi connectivity index (χ0v) is 9.80. The third kappa shape index (κ3) is 2.22. The highest BCUT2D eigenvalue weighted by Crippen LogP contribution is 2.35. The Labute approximate surface area is 99.7 Å². The van der Waals surface area contributed by atoms with Gasteiger partial charge in [-0.3, -0.25) is 0 Å². The van der Waals surface area contributed by atoms with Crippen molar-refractivity contribution in [3.63, 3.8) is 0 Å². The van der Waals surface area contributed by atoms with Gasteiger partial charge in [-0.25, -0.2) is 4.79 Å². The molecule has 0 bridgehead atoms. The highest BCUT2D eigenvalue weighted by molar-refractivity contribution is 5.92. The van der Waals surface area contributed by atoms with Gasteiger partial charge in [0.25, 0.3) is 0 Å². The van der Waals surface area contributed by atoms with Crippen molar-refractivity contribution in [3.05, 3.63) is 11.1 Å². The maximum absolute atomic E-state index is 11.8. The molecule has 0 amide bonds. The fourth-order valence-corrected chi connectivity index (χ4v) is 2.54. The zero-order valence-electron chi connectivity index (χ0n) is 9.80. The molecule has 4 atom stereocenters. The predicted octanol–water partition coefficient (Wildman–Crippen LogP) is -0.115. The topological polar surface area (TPSA) is 87.0 Å². The average Bonchev–Trinajstić information content (AvgIpc) is 2.26. The van der Waals surface area contributed by atoms with Gasteiger partial charge in [0, 0.05) is 12.8 Å². The fourth-order valence-electron chi connectivity index (χ4n) is 2.54. The molecule has 2 rings (SSSR count). The quantitative estimate of drug-likeness (QED) is 0.588. The molecule has 0 aromatic rings. The number of hydrogen-bond acceptors (Lipinski definition) is 5. The molecule has 0 saturated heterocycles. The van der Waals surface area contributed by atoms with Crippen LogP contribution in [0.5, 0.6) is 0 Å². The van der Waals surface area contributed by atoms with Crippen LogP contribution in [0.1, 0.15) is 32.6 Å². The number of esters is 1. The number of cyclic esters (lactones) is 1. The lowest BCUT2D eigenvalue weighted by molar-refractivity contribution is -0.150. The molecule has 96 valence electrons. The normalized spacial score (nSPS) is 37.8. The van der Waals surface area contributed by atoms with Gasteiger partial charge in [-0.15, -0.1) is 0 Å². The first-order chi connectivity index (χ1) is 8.04. The summed E-state index contributed by atoms with van der Waals surface area (Å²) in [6.07, 6.45) is -1.23. The summed E-state index contributed by atoms with van der Waals surface area (Å²) in [4.78, 5) is 11.8. The van der Waals surface area contributed by atoms with Crippen molar-refractivity contribution in [1.82, 2.24) is 0 Å². The van der Waals surface area contributed by atoms with Crippen molar-refractivity contribution in [3.8, 4) is 0 Å². The molecule has 1 aliphatic carbocycles. The van der Waals surface area contributed by atoms with E-state index in [4.69, 9.17) is 4.74 Å². The standard InChI is InChI=1S/C12H18O5/c1-2-3-6-4-7-8(13)5-9(14)11(15)10(7)12(16)17-6/h6,8-9,11,13-15H,2-5H2,1H3/t6-,8+,9-,11-/m1/s1. The number of aliphatic hydroxyl groups is 3. The number of aliphatic hydroxyl groups excluding tert-OH is 3. The molecule has 0 radical (unpaired) electrons. The first-order valence-electron chi connectivity index (χ1n) is 6.02. The highest BCUT2D eigenvalue weighted by atomic mass is 16.5. The Hall–Kier alpha value is -0.910. The molecule has 0 aromatic carbocycles. The maximum Gasteiger partial charge on any atom is 0.337 e. The molecule has 17 heavy (non-hydrogen) atoms. The maximum atomic E-state index is 11.8. The Morgan fingerprint density at radius 3 is 2.71 bits per heavy atom. The first kappa shape index (κ1) is 12.5. The molecule has 3 N–H and O–H groups in total. The van der Waals surface area contributed by atoms with Gasteiger partial charge in [-0.05, 0) is 12.0 Å². The largest absolute Gasteiger partial charge is 0.459 e. The van der Waals surface area contributed by atoms with Crippen LogP contribution in [0.4, 0.5) is 0 Å². The molecule has 0 spiro atoms. The molecule has 0 aromatic heterocycles. The van der Waals surface area contributed by atoms with E-state index in [1.807, 2.05) is 6.92 Å². The number of carbonyl (C=O) groups excluding carboxylic acids is 1. The number of ether oxygens (including phenoxy) is 1. The van der Waals surface area contributed by atoms with Crippen LogP contribution in [-0.2, 0) is 9.53 Å². The highest BCUT2D eigenvalue weighted by Gasteiger charge is 2.42. The van der Waals surface area contributed by atoms with Gasteiger partial charge in [0.05, 0.1) is 17.8 Å². The molecule has 1 aliphatic heterocycles. The average molecular weight is 242 g/mol. The second kappa shape index (κ2) is 4.76. The van der Waals surface area contributed by atoms with Crippen molar-refractivity contribution >= 4 is 5.97 Å². The second-order valence-electron chi connectivity index (χ2n) is 4.72. The van der Waals surface area contributed by atoms with Crippen LogP contribution in [-0.4, -0.2) is 45.7 Å². The van der Waals surface area contributed by atoms with Crippen LogP contribution in [0.25, 0.3) is 0 Å². The van der Waals surface area contributed by atoms with Gasteiger partial charge < -0.3 is 20.1 Å². The third-order valence-electron chi connectivity index (χ3n) is 3.43. The van der Waals surface area contributed by atoms with E-state index in [1.54, 1.807) is 0 Å². The lowest BCUT2D eigenvalue weighted by Crippen LogP contribution is -2.45. The third-order valence-corrected chi connectivity index (χ3v) is 3.43. The minimum atomic E-state index is -1.23. The van der Waals surface area contributed by atoms with E-state index < -0.39 is 24.3 Å². The summed E-state index contributed by atoms with van der Waals surface area (Å²) in [5.41, 5.74) is 0.598. The monoisotopic (exact) mass is 242 g/mol. The smallest absolute Gasteiger partial charge is 0.337 e. The van der Waals surface area contributed by atoms with Crippen molar-refractivity contribution in [2.75, 3.05) is 0 Å². The van der Waals surface area contributed by atoms with Gasteiger partial charge in [0.2, 0.25) is 0 Å². The molecule has 5 nitrogen and oxygen atoms in total. The molecular weight excluding hydrogens is 224 g/mol. The summed E-state index contributed by atoms with van der Waals surface area (Å²) in [6, 6.07) is 0. The summed E-state index contributed by atoms with van der Waals surface area (Å²) in [6.45, 7) is 1.99. The molecule has 0 saturated carbocycles. The summed E-state index contributed by atoms with van der Waals surface area (Å²) in [7, 11) is 0. The first-order valence-corrected chi connectivity index (χ1v) is 6.02. The van der Waals surface area contributed by atoms with E-state index in [-0.39, 0.29) is 18.1 Å². The van der Waals surface area contributed by atoms with Gasteiger partial charge in [0.1, 0.15) is 12.2 Å². The number of carbonyl (C=O) groups is 1. The Bertz CT molecular complexity index is 349. The second-order valence-corrected chi connectivity index (χ2v) is 4.72. The Morgan fingerprint density at radius 1 is 1.35 bits per heavy atom. The number of rotatable bonds is 2. The summed E-state index contributed by atoms with van der Waals surface area (Å²) < 4.78 is 5.18. The Morgan fingerprint density at radius 2 is 2.06 bits per heavy atom. The Balaban J connectivity index is 2.28. The summed E-state index contributed by atoms with van der Waals surface area (Å²) in [5.74, 6) is -0.602. The SMILES string of the molecule is CCC[C@@H]1CC2=C(C(=O)O1)[C@H](O)[C@H](O)C[C@@H]2O. The van der Waals surface area contributed by atoms with Crippen LogP contribution in [0, 0.1) is 0 Å². The van der Waals surface area contributed by atoms with E-state index in [0.717, 1.165) is 12.8 Å². The molecular formula is C12H18O5. The lowest BCUT2D eigenvalue weighted by atomic mass is 9.81. The van der Waals surface area contributed by atoms with E-state index >= 15 is 0 Å². The molecule has 1 heterocycles. The summed E-state index contributed by atoms with van der Waals surface area (Å²) >= 11 is 0. The van der Waals surface area contributed by atoms with Crippen LogP contribution in [0.15, 0.2) is 11.1 Å². The molecule has 0 fully saturated rings. The van der Waals surface area contributed by atoms with Gasteiger partial charge in [0.15, 0.2) is 0 Å². The van der Waals surface area contributed by atoms with Gasteiger partial charge in [-0.2, -0.15) is 0 Å². The number of hydrogen-bond donors (Lipinski definition) is 3. The van der Waals surface area contributed by atoms with E-state index in [2.05, 4.69) is 0 Å². The van der Waals surface area contributed by atoms with Gasteiger partial charge >= 0.3 is 5.97 Å². The van der Waals surface area contributed by atoms with E-state index in [9.17, 15) is 20.1 Å².